The number of thiophene rings is 1. The summed E-state index contributed by atoms with van der Waals surface area (Å²) < 4.78 is 4.73. The molecule has 4 nitrogen and oxygen atoms in total. The molecule has 0 aliphatic carbocycles. The highest BCUT2D eigenvalue weighted by atomic mass is 32.1. The number of aliphatic hydroxyl groups excluding tert-OH is 1. The maximum atomic E-state index is 11.3. The average Bonchev–Trinajstić information content (AvgIpc) is 2.63. The number of hydrogen-bond donors (Lipinski definition) is 2. The molecule has 0 saturated carbocycles. The first-order chi connectivity index (χ1) is 7.06. The van der Waals surface area contributed by atoms with Gasteiger partial charge in [0.25, 0.3) is 0 Å². The zero-order valence-corrected chi connectivity index (χ0v) is 9.58. The number of aryl methyl sites for hydroxylation is 1. The molecule has 0 saturated heterocycles. The van der Waals surface area contributed by atoms with Crippen molar-refractivity contribution in [1.29, 1.82) is 0 Å². The molecule has 1 aromatic rings. The summed E-state index contributed by atoms with van der Waals surface area (Å²) >= 11 is 1.42. The summed E-state index contributed by atoms with van der Waals surface area (Å²) in [7, 11) is 0. The fourth-order valence-corrected chi connectivity index (χ4v) is 2.07. The fourth-order valence-electron chi connectivity index (χ4n) is 1.16. The second-order valence-corrected chi connectivity index (χ2v) is 4.49. The van der Waals surface area contributed by atoms with Gasteiger partial charge in [-0.3, -0.25) is 4.79 Å². The topological polar surface area (TPSA) is 72.5 Å². The minimum atomic E-state index is -1.01. The molecule has 0 fully saturated rings. The molecule has 1 heterocycles. The molecular weight excluding hydrogens is 214 g/mol. The molecule has 84 valence electrons. The van der Waals surface area contributed by atoms with Crippen molar-refractivity contribution in [3.63, 3.8) is 0 Å². The van der Waals surface area contributed by atoms with Gasteiger partial charge in [0.05, 0.1) is 6.61 Å². The van der Waals surface area contributed by atoms with Gasteiger partial charge in [-0.1, -0.05) is 0 Å². The highest BCUT2D eigenvalue weighted by Crippen LogP contribution is 2.24. The van der Waals surface area contributed by atoms with Crippen molar-refractivity contribution in [2.45, 2.75) is 26.0 Å². The van der Waals surface area contributed by atoms with Crippen LogP contribution in [-0.4, -0.2) is 23.7 Å². The molecule has 2 unspecified atom stereocenters. The minimum absolute atomic E-state index is 0.267. The van der Waals surface area contributed by atoms with Gasteiger partial charge in [0, 0.05) is 9.75 Å². The molecule has 1 aromatic heterocycles. The van der Waals surface area contributed by atoms with E-state index in [1.54, 1.807) is 13.0 Å². The lowest BCUT2D eigenvalue weighted by Crippen LogP contribution is -2.37. The van der Waals surface area contributed by atoms with Crippen LogP contribution in [0.1, 0.15) is 22.8 Å². The van der Waals surface area contributed by atoms with Crippen LogP contribution in [0.3, 0.4) is 0 Å². The molecule has 5 heteroatoms. The number of nitrogens with two attached hydrogens (primary N) is 1. The molecule has 1 rings (SSSR count). The van der Waals surface area contributed by atoms with Crippen LogP contribution < -0.4 is 5.73 Å². The zero-order chi connectivity index (χ0) is 11.4. The number of rotatable bonds is 4. The number of ether oxygens (including phenoxy) is 1. The standard InChI is InChI=1S/C10H15NO3S/c1-3-14-10(13)8(11)9(12)7-5-4-6(2)15-7/h4-5,8-9,12H,3,11H2,1-2H3. The van der Waals surface area contributed by atoms with Crippen LogP contribution >= 0.6 is 11.3 Å². The third kappa shape index (κ3) is 3.02. The molecule has 0 aliphatic heterocycles. The Labute approximate surface area is 92.7 Å². The Kier molecular flexibility index (Phi) is 4.26. The van der Waals surface area contributed by atoms with Gasteiger partial charge >= 0.3 is 5.97 Å². The van der Waals surface area contributed by atoms with Gasteiger partial charge in [0.2, 0.25) is 0 Å². The van der Waals surface area contributed by atoms with E-state index < -0.39 is 18.1 Å². The van der Waals surface area contributed by atoms with E-state index in [-0.39, 0.29) is 6.61 Å². The molecule has 0 aromatic carbocycles. The van der Waals surface area contributed by atoms with Crippen molar-refractivity contribution in [1.82, 2.24) is 0 Å². The van der Waals surface area contributed by atoms with E-state index in [1.807, 2.05) is 13.0 Å². The summed E-state index contributed by atoms with van der Waals surface area (Å²) in [6.07, 6.45) is -0.984. The van der Waals surface area contributed by atoms with Crippen molar-refractivity contribution in [2.75, 3.05) is 6.61 Å². The van der Waals surface area contributed by atoms with Crippen molar-refractivity contribution in [3.8, 4) is 0 Å². The number of carbonyl (C=O) groups is 1. The van der Waals surface area contributed by atoms with Crippen LogP contribution in [0.4, 0.5) is 0 Å². The summed E-state index contributed by atoms with van der Waals surface area (Å²) in [6.45, 7) is 3.89. The summed E-state index contributed by atoms with van der Waals surface area (Å²) in [4.78, 5) is 13.0. The van der Waals surface area contributed by atoms with Crippen molar-refractivity contribution < 1.29 is 14.6 Å². The number of esters is 1. The molecule has 15 heavy (non-hydrogen) atoms. The molecule has 2 atom stereocenters. The highest BCUT2D eigenvalue weighted by Gasteiger charge is 2.26. The third-order valence-corrected chi connectivity index (χ3v) is 3.02. The molecule has 0 aliphatic rings. The fraction of sp³-hybridized carbons (Fsp3) is 0.500. The second kappa shape index (κ2) is 5.25. The summed E-state index contributed by atoms with van der Waals surface area (Å²) in [5, 5.41) is 9.78. The largest absolute Gasteiger partial charge is 0.465 e. The van der Waals surface area contributed by atoms with E-state index in [2.05, 4.69) is 0 Å². The molecule has 0 bridgehead atoms. The van der Waals surface area contributed by atoms with Crippen LogP contribution in [0.5, 0.6) is 0 Å². The lowest BCUT2D eigenvalue weighted by molar-refractivity contribution is -0.147. The van der Waals surface area contributed by atoms with Crippen LogP contribution in [-0.2, 0) is 9.53 Å². The normalized spacial score (nSPS) is 14.7. The molecular formula is C10H15NO3S. The van der Waals surface area contributed by atoms with Crippen molar-refractivity contribution in [3.05, 3.63) is 21.9 Å². The van der Waals surface area contributed by atoms with Crippen LogP contribution in [0.15, 0.2) is 12.1 Å². The number of hydrogen-bond acceptors (Lipinski definition) is 5. The van der Waals surface area contributed by atoms with E-state index in [1.165, 1.54) is 11.3 Å². The SMILES string of the molecule is CCOC(=O)C(N)C(O)c1ccc(C)s1. The molecule has 0 radical (unpaired) electrons. The molecule has 0 spiro atoms. The maximum Gasteiger partial charge on any atom is 0.326 e. The Morgan fingerprint density at radius 3 is 2.80 bits per heavy atom. The van der Waals surface area contributed by atoms with Crippen molar-refractivity contribution in [2.24, 2.45) is 5.73 Å². The summed E-state index contributed by atoms with van der Waals surface area (Å²) in [5.74, 6) is -0.573. The van der Waals surface area contributed by atoms with E-state index >= 15 is 0 Å². The zero-order valence-electron chi connectivity index (χ0n) is 8.77. The van der Waals surface area contributed by atoms with Gasteiger partial charge < -0.3 is 15.6 Å². The second-order valence-electron chi connectivity index (χ2n) is 3.17. The number of carbonyl (C=O) groups excluding carboxylic acids is 1. The van der Waals surface area contributed by atoms with Gasteiger partial charge in [0.15, 0.2) is 0 Å². The van der Waals surface area contributed by atoms with Crippen LogP contribution in [0.25, 0.3) is 0 Å². The smallest absolute Gasteiger partial charge is 0.326 e. The first-order valence-corrected chi connectivity index (χ1v) is 5.54. The maximum absolute atomic E-state index is 11.3. The van der Waals surface area contributed by atoms with Crippen LogP contribution in [0.2, 0.25) is 0 Å². The number of aliphatic hydroxyl groups is 1. The Morgan fingerprint density at radius 1 is 1.67 bits per heavy atom. The van der Waals surface area contributed by atoms with Crippen LogP contribution in [0, 0.1) is 6.92 Å². The van der Waals surface area contributed by atoms with E-state index in [0.717, 1.165) is 4.88 Å². The van der Waals surface area contributed by atoms with E-state index in [4.69, 9.17) is 10.5 Å². The van der Waals surface area contributed by atoms with Gasteiger partial charge in [-0.15, -0.1) is 11.3 Å². The Morgan fingerprint density at radius 2 is 2.33 bits per heavy atom. The predicted molar refractivity (Wildman–Crippen MR) is 58.6 cm³/mol. The van der Waals surface area contributed by atoms with Gasteiger partial charge in [-0.25, -0.2) is 0 Å². The third-order valence-electron chi connectivity index (χ3n) is 1.95. The van der Waals surface area contributed by atoms with E-state index in [9.17, 15) is 9.90 Å². The minimum Gasteiger partial charge on any atom is -0.465 e. The first-order valence-electron chi connectivity index (χ1n) is 4.73. The highest BCUT2D eigenvalue weighted by molar-refractivity contribution is 7.12. The van der Waals surface area contributed by atoms with Gasteiger partial charge in [-0.2, -0.15) is 0 Å². The van der Waals surface area contributed by atoms with E-state index in [0.29, 0.717) is 4.88 Å². The Hall–Kier alpha value is -0.910. The Balaban J connectivity index is 2.67. The van der Waals surface area contributed by atoms with Gasteiger partial charge in [-0.05, 0) is 26.0 Å². The van der Waals surface area contributed by atoms with Gasteiger partial charge in [0.1, 0.15) is 12.1 Å². The molecule has 0 amide bonds. The molecule has 3 N–H and O–H groups in total. The Bertz CT molecular complexity index is 337. The summed E-state index contributed by atoms with van der Waals surface area (Å²) in [6, 6.07) is 2.63. The quantitative estimate of drug-likeness (QED) is 0.755. The summed E-state index contributed by atoms with van der Waals surface area (Å²) in [5.41, 5.74) is 5.57. The average molecular weight is 229 g/mol. The lowest BCUT2D eigenvalue weighted by Gasteiger charge is -2.15. The lowest BCUT2D eigenvalue weighted by atomic mass is 10.1. The van der Waals surface area contributed by atoms with Crippen molar-refractivity contribution >= 4 is 17.3 Å². The first kappa shape index (κ1) is 12.2. The predicted octanol–water partition coefficient (Wildman–Crippen LogP) is 0.980. The monoisotopic (exact) mass is 229 g/mol.